The summed E-state index contributed by atoms with van der Waals surface area (Å²) >= 11 is 0. The molecule has 2 aromatic rings. The smallest absolute Gasteiger partial charge is 0.279 e. The molecule has 2 rings (SSSR count). The van der Waals surface area contributed by atoms with Crippen LogP contribution in [-0.2, 0) is 16.2 Å². The van der Waals surface area contributed by atoms with E-state index in [-0.39, 0.29) is 4.90 Å². The maximum absolute atomic E-state index is 12.8. The molecule has 0 amide bonds. The van der Waals surface area contributed by atoms with E-state index in [4.69, 9.17) is 0 Å². The molecule has 8 heteroatoms. The summed E-state index contributed by atoms with van der Waals surface area (Å²) in [5.74, 6) is -0.648. The van der Waals surface area contributed by atoms with Crippen molar-refractivity contribution in [2.24, 2.45) is 0 Å². The summed E-state index contributed by atoms with van der Waals surface area (Å²) in [7, 11) is -4.23. The van der Waals surface area contributed by atoms with Gasteiger partial charge in [0.2, 0.25) is 0 Å². The molecule has 1 N–H and O–H groups in total. The molecule has 0 aliphatic heterocycles. The summed E-state index contributed by atoms with van der Waals surface area (Å²) in [6.45, 7) is 0. The van der Waals surface area contributed by atoms with E-state index in [1.54, 1.807) is 0 Å². The van der Waals surface area contributed by atoms with Crippen molar-refractivity contribution in [1.29, 1.82) is 0 Å². The number of rotatable bonds is 3. The largest absolute Gasteiger partial charge is 0.418 e. The van der Waals surface area contributed by atoms with Gasteiger partial charge in [-0.25, -0.2) is 12.8 Å². The maximum Gasteiger partial charge on any atom is 0.418 e. The third-order valence-corrected chi connectivity index (χ3v) is 3.98. The Kier molecular flexibility index (Phi) is 3.91. The van der Waals surface area contributed by atoms with E-state index < -0.39 is 33.3 Å². The molecule has 2 aromatic carbocycles. The summed E-state index contributed by atoms with van der Waals surface area (Å²) in [6, 6.07) is 7.94. The standard InChI is InChI=1S/C13H9F4NO2S/c14-9-5-7-10(8-6-9)21(19,20)18-12-4-2-1-3-11(12)13(15,16)17/h1-8,18H. The lowest BCUT2D eigenvalue weighted by Gasteiger charge is -2.14. The van der Waals surface area contributed by atoms with Gasteiger partial charge in [0.15, 0.2) is 0 Å². The van der Waals surface area contributed by atoms with Crippen LogP contribution in [0.4, 0.5) is 23.2 Å². The Morgan fingerprint density at radius 1 is 0.905 bits per heavy atom. The number of anilines is 1. The SMILES string of the molecule is O=S(=O)(Nc1ccccc1C(F)(F)F)c1ccc(F)cc1. The van der Waals surface area contributed by atoms with Gasteiger partial charge in [-0.2, -0.15) is 13.2 Å². The molecule has 0 spiro atoms. The molecule has 0 atom stereocenters. The third kappa shape index (κ3) is 3.52. The fourth-order valence-corrected chi connectivity index (χ4v) is 2.72. The zero-order chi connectivity index (χ0) is 15.7. The monoisotopic (exact) mass is 319 g/mol. The molecule has 112 valence electrons. The Morgan fingerprint density at radius 2 is 1.48 bits per heavy atom. The minimum absolute atomic E-state index is 0.333. The van der Waals surface area contributed by atoms with E-state index in [0.717, 1.165) is 42.5 Å². The fraction of sp³-hybridized carbons (Fsp3) is 0.0769. The average molecular weight is 319 g/mol. The summed E-state index contributed by atoms with van der Waals surface area (Å²) in [6.07, 6.45) is -4.69. The van der Waals surface area contributed by atoms with E-state index in [1.165, 1.54) is 6.07 Å². The van der Waals surface area contributed by atoms with Crippen LogP contribution in [0.5, 0.6) is 0 Å². The van der Waals surface area contributed by atoms with Gasteiger partial charge in [-0.1, -0.05) is 12.1 Å². The third-order valence-electron chi connectivity index (χ3n) is 2.60. The highest BCUT2D eigenvalue weighted by Gasteiger charge is 2.34. The van der Waals surface area contributed by atoms with E-state index in [0.29, 0.717) is 0 Å². The summed E-state index contributed by atoms with van der Waals surface area (Å²) in [4.78, 5) is -0.333. The highest BCUT2D eigenvalue weighted by Crippen LogP contribution is 2.35. The predicted octanol–water partition coefficient (Wildman–Crippen LogP) is 3.65. The van der Waals surface area contributed by atoms with Crippen LogP contribution in [-0.4, -0.2) is 8.42 Å². The number of hydrogen-bond acceptors (Lipinski definition) is 2. The Morgan fingerprint density at radius 3 is 2.05 bits per heavy atom. The maximum atomic E-state index is 12.8. The molecular formula is C13H9F4NO2S. The Hall–Kier alpha value is -2.09. The van der Waals surface area contributed by atoms with Crippen molar-refractivity contribution in [1.82, 2.24) is 0 Å². The lowest BCUT2D eigenvalue weighted by Crippen LogP contribution is -2.17. The zero-order valence-electron chi connectivity index (χ0n) is 10.4. The van der Waals surface area contributed by atoms with Gasteiger partial charge in [0.1, 0.15) is 5.82 Å². The van der Waals surface area contributed by atoms with Crippen molar-refractivity contribution >= 4 is 15.7 Å². The Balaban J connectivity index is 2.40. The molecular weight excluding hydrogens is 310 g/mol. The van der Waals surface area contributed by atoms with Gasteiger partial charge in [-0.05, 0) is 36.4 Å². The van der Waals surface area contributed by atoms with E-state index in [2.05, 4.69) is 0 Å². The number of hydrogen-bond donors (Lipinski definition) is 1. The van der Waals surface area contributed by atoms with Crippen LogP contribution >= 0.6 is 0 Å². The first-order chi connectivity index (χ1) is 9.70. The number of benzene rings is 2. The second-order valence-electron chi connectivity index (χ2n) is 4.10. The summed E-state index contributed by atoms with van der Waals surface area (Å²) < 4.78 is 77.0. The second kappa shape index (κ2) is 5.36. The van der Waals surface area contributed by atoms with Crippen LogP contribution < -0.4 is 4.72 Å². The van der Waals surface area contributed by atoms with Gasteiger partial charge in [-0.15, -0.1) is 0 Å². The molecule has 0 aromatic heterocycles. The normalized spacial score (nSPS) is 12.2. The van der Waals surface area contributed by atoms with Crippen molar-refractivity contribution in [3.8, 4) is 0 Å². The average Bonchev–Trinajstić information content (AvgIpc) is 2.38. The molecule has 0 radical (unpaired) electrons. The zero-order valence-corrected chi connectivity index (χ0v) is 11.2. The molecule has 0 bridgehead atoms. The number of nitrogens with one attached hydrogen (secondary N) is 1. The van der Waals surface area contributed by atoms with Crippen molar-refractivity contribution < 1.29 is 26.0 Å². The Bertz CT molecular complexity index is 740. The second-order valence-corrected chi connectivity index (χ2v) is 5.79. The highest BCUT2D eigenvalue weighted by molar-refractivity contribution is 7.92. The van der Waals surface area contributed by atoms with Crippen molar-refractivity contribution in [3.05, 3.63) is 59.9 Å². The van der Waals surface area contributed by atoms with E-state index >= 15 is 0 Å². The molecule has 21 heavy (non-hydrogen) atoms. The highest BCUT2D eigenvalue weighted by atomic mass is 32.2. The summed E-state index contributed by atoms with van der Waals surface area (Å²) in [5.41, 5.74) is -1.69. The number of sulfonamides is 1. The first kappa shape index (κ1) is 15.3. The summed E-state index contributed by atoms with van der Waals surface area (Å²) in [5, 5.41) is 0. The number of para-hydroxylation sites is 1. The predicted molar refractivity (Wildman–Crippen MR) is 68.7 cm³/mol. The van der Waals surface area contributed by atoms with Gasteiger partial charge in [0.25, 0.3) is 10.0 Å². The van der Waals surface area contributed by atoms with Crippen LogP contribution in [0.1, 0.15) is 5.56 Å². The molecule has 0 aliphatic carbocycles. The van der Waals surface area contributed by atoms with Crippen molar-refractivity contribution in [3.63, 3.8) is 0 Å². The van der Waals surface area contributed by atoms with Gasteiger partial charge in [0.05, 0.1) is 16.1 Å². The Labute approximate surface area is 118 Å². The van der Waals surface area contributed by atoms with Crippen LogP contribution in [0.2, 0.25) is 0 Å². The first-order valence-electron chi connectivity index (χ1n) is 5.65. The quantitative estimate of drug-likeness (QED) is 0.878. The lowest BCUT2D eigenvalue weighted by atomic mass is 10.2. The number of alkyl halides is 3. The van der Waals surface area contributed by atoms with Crippen molar-refractivity contribution in [2.75, 3.05) is 4.72 Å². The molecule has 0 fully saturated rings. The van der Waals surface area contributed by atoms with Crippen LogP contribution in [0.15, 0.2) is 53.4 Å². The molecule has 0 unspecified atom stereocenters. The topological polar surface area (TPSA) is 46.2 Å². The van der Waals surface area contributed by atoms with Gasteiger partial charge >= 0.3 is 6.18 Å². The van der Waals surface area contributed by atoms with Crippen molar-refractivity contribution in [2.45, 2.75) is 11.1 Å². The van der Waals surface area contributed by atoms with Gasteiger partial charge < -0.3 is 0 Å². The number of halogens is 4. The van der Waals surface area contributed by atoms with Crippen LogP contribution in [0.25, 0.3) is 0 Å². The molecule has 0 aliphatic rings. The fourth-order valence-electron chi connectivity index (χ4n) is 1.64. The minimum atomic E-state index is -4.69. The first-order valence-corrected chi connectivity index (χ1v) is 7.13. The van der Waals surface area contributed by atoms with Gasteiger partial charge in [0, 0.05) is 0 Å². The van der Waals surface area contributed by atoms with Crippen LogP contribution in [0.3, 0.4) is 0 Å². The lowest BCUT2D eigenvalue weighted by molar-refractivity contribution is -0.136. The molecule has 0 heterocycles. The minimum Gasteiger partial charge on any atom is -0.279 e. The molecule has 3 nitrogen and oxygen atoms in total. The molecule has 0 saturated heterocycles. The van der Waals surface area contributed by atoms with Crippen LogP contribution in [0, 0.1) is 5.82 Å². The molecule has 0 saturated carbocycles. The van der Waals surface area contributed by atoms with E-state index in [1.807, 2.05) is 4.72 Å². The van der Waals surface area contributed by atoms with E-state index in [9.17, 15) is 26.0 Å². The van der Waals surface area contributed by atoms with Gasteiger partial charge in [-0.3, -0.25) is 4.72 Å².